The molecule has 35 heavy (non-hydrogen) atoms. The van der Waals surface area contributed by atoms with Gasteiger partial charge in [-0.05, 0) is 65.6 Å². The number of nitrogens with zero attached hydrogens (tertiary/aromatic N) is 4. The molecule has 0 spiro atoms. The Balaban J connectivity index is 1.75. The number of benzene rings is 4. The summed E-state index contributed by atoms with van der Waals surface area (Å²) >= 11 is 0. The monoisotopic (exact) mass is 454 g/mol. The lowest BCUT2D eigenvalue weighted by atomic mass is 10.0. The Hall–Kier alpha value is -4.57. The predicted molar refractivity (Wildman–Crippen MR) is 147 cm³/mol. The Morgan fingerprint density at radius 3 is 2.29 bits per heavy atom. The van der Waals surface area contributed by atoms with E-state index in [1.165, 1.54) is 5.39 Å². The quantitative estimate of drug-likeness (QED) is 0.260. The van der Waals surface area contributed by atoms with Crippen LogP contribution in [-0.2, 0) is 0 Å². The van der Waals surface area contributed by atoms with E-state index >= 15 is 0 Å². The summed E-state index contributed by atoms with van der Waals surface area (Å²) in [5, 5.41) is 2.36. The highest BCUT2D eigenvalue weighted by molar-refractivity contribution is 5.90. The smallest absolute Gasteiger partial charge is 0.238 e. The maximum atomic E-state index is 4.90. The van der Waals surface area contributed by atoms with Crippen LogP contribution in [0.3, 0.4) is 0 Å². The van der Waals surface area contributed by atoms with E-state index in [0.29, 0.717) is 11.8 Å². The summed E-state index contributed by atoms with van der Waals surface area (Å²) in [6, 6.07) is 29.1. The molecule has 5 rings (SSSR count). The van der Waals surface area contributed by atoms with E-state index in [9.17, 15) is 0 Å². The molecule has 0 fully saturated rings. The Bertz CT molecular complexity index is 1540. The van der Waals surface area contributed by atoms with E-state index in [-0.39, 0.29) is 0 Å². The Kier molecular flexibility index (Phi) is 6.18. The molecule has 0 amide bonds. The van der Waals surface area contributed by atoms with Gasteiger partial charge in [0, 0.05) is 11.3 Å². The van der Waals surface area contributed by atoms with Crippen molar-refractivity contribution < 1.29 is 0 Å². The maximum Gasteiger partial charge on any atom is 0.238 e. The van der Waals surface area contributed by atoms with Gasteiger partial charge >= 0.3 is 0 Å². The highest BCUT2D eigenvalue weighted by Gasteiger charge is 2.20. The zero-order valence-corrected chi connectivity index (χ0v) is 19.9. The molecule has 1 aromatic heterocycles. The minimum Gasteiger partial charge on any atom is -0.279 e. The minimum absolute atomic E-state index is 0.565. The summed E-state index contributed by atoms with van der Waals surface area (Å²) in [5.74, 6) is 1.20. The average molecular weight is 455 g/mol. The van der Waals surface area contributed by atoms with E-state index in [0.717, 1.165) is 39.0 Å². The standard InChI is InChI=1S/C31H26N4/c1-4-11-25-19-28(17-16-23(25)5-2)35(29-20-27-15-10-9-14-26(27)18-22(29)3)31-33-21-32-30(34-31)24-12-7-6-8-13-24/h4-21H,2H2,1,3H3/b11-4-. The Labute approximate surface area is 206 Å². The summed E-state index contributed by atoms with van der Waals surface area (Å²) in [4.78, 5) is 16.1. The third-order valence-corrected chi connectivity index (χ3v) is 5.99. The number of aromatic nitrogens is 3. The number of rotatable bonds is 6. The van der Waals surface area contributed by atoms with Crippen molar-refractivity contribution in [3.8, 4) is 11.4 Å². The molecular weight excluding hydrogens is 428 g/mol. The third-order valence-electron chi connectivity index (χ3n) is 5.99. The van der Waals surface area contributed by atoms with E-state index in [1.54, 1.807) is 6.33 Å². The Morgan fingerprint density at radius 1 is 0.800 bits per heavy atom. The number of hydrogen-bond donors (Lipinski definition) is 0. The summed E-state index contributed by atoms with van der Waals surface area (Å²) in [6.45, 7) is 8.12. The maximum absolute atomic E-state index is 4.90. The van der Waals surface area contributed by atoms with Gasteiger partial charge in [0.05, 0.1) is 5.69 Å². The molecule has 0 N–H and O–H groups in total. The largest absolute Gasteiger partial charge is 0.279 e. The van der Waals surface area contributed by atoms with Gasteiger partial charge < -0.3 is 0 Å². The zero-order valence-electron chi connectivity index (χ0n) is 19.9. The second kappa shape index (κ2) is 9.74. The van der Waals surface area contributed by atoms with Crippen molar-refractivity contribution in [3.05, 3.63) is 121 Å². The zero-order chi connectivity index (χ0) is 24.2. The number of aryl methyl sites for hydroxylation is 1. The van der Waals surface area contributed by atoms with Gasteiger partial charge in [-0.2, -0.15) is 4.98 Å². The van der Waals surface area contributed by atoms with Crippen LogP contribution in [0.2, 0.25) is 0 Å². The van der Waals surface area contributed by atoms with Crippen LogP contribution in [0.4, 0.5) is 17.3 Å². The van der Waals surface area contributed by atoms with Crippen LogP contribution in [0.5, 0.6) is 0 Å². The van der Waals surface area contributed by atoms with Gasteiger partial charge in [-0.15, -0.1) is 0 Å². The molecule has 0 aliphatic heterocycles. The second-order valence-corrected chi connectivity index (χ2v) is 8.31. The van der Waals surface area contributed by atoms with Crippen molar-refractivity contribution in [2.75, 3.05) is 4.90 Å². The van der Waals surface area contributed by atoms with Gasteiger partial charge in [-0.25, -0.2) is 9.97 Å². The summed E-state index contributed by atoms with van der Waals surface area (Å²) in [5.41, 5.74) is 6.22. The van der Waals surface area contributed by atoms with E-state index in [1.807, 2.05) is 49.4 Å². The molecule has 170 valence electrons. The van der Waals surface area contributed by atoms with Crippen LogP contribution in [0.1, 0.15) is 23.6 Å². The van der Waals surface area contributed by atoms with E-state index in [2.05, 4.69) is 89.0 Å². The first-order chi connectivity index (χ1) is 17.2. The molecular formula is C31H26N4. The normalized spacial score (nSPS) is 11.1. The van der Waals surface area contributed by atoms with Crippen molar-refractivity contribution >= 4 is 40.2 Å². The van der Waals surface area contributed by atoms with Crippen LogP contribution < -0.4 is 4.90 Å². The van der Waals surface area contributed by atoms with E-state index < -0.39 is 0 Å². The van der Waals surface area contributed by atoms with Crippen molar-refractivity contribution in [2.24, 2.45) is 0 Å². The van der Waals surface area contributed by atoms with Gasteiger partial charge in [0.15, 0.2) is 5.82 Å². The SMILES string of the molecule is C=Cc1ccc(N(c2ncnc(-c3ccccc3)n2)c2cc3ccccc3cc2C)cc1/C=C\C. The molecule has 0 unspecified atom stereocenters. The summed E-state index contributed by atoms with van der Waals surface area (Å²) < 4.78 is 0. The summed E-state index contributed by atoms with van der Waals surface area (Å²) in [6.07, 6.45) is 7.59. The van der Waals surface area contributed by atoms with Crippen LogP contribution in [-0.4, -0.2) is 15.0 Å². The van der Waals surface area contributed by atoms with Gasteiger partial charge in [0.1, 0.15) is 6.33 Å². The van der Waals surface area contributed by atoms with Gasteiger partial charge in [-0.3, -0.25) is 4.90 Å². The molecule has 0 aliphatic rings. The molecule has 0 bridgehead atoms. The summed E-state index contributed by atoms with van der Waals surface area (Å²) in [7, 11) is 0. The highest BCUT2D eigenvalue weighted by atomic mass is 15.3. The fourth-order valence-electron chi connectivity index (χ4n) is 4.28. The number of anilines is 3. The van der Waals surface area contributed by atoms with Crippen LogP contribution in [0, 0.1) is 6.92 Å². The molecule has 4 nitrogen and oxygen atoms in total. The van der Waals surface area contributed by atoms with Crippen LogP contribution in [0.25, 0.3) is 34.3 Å². The van der Waals surface area contributed by atoms with Crippen molar-refractivity contribution in [3.63, 3.8) is 0 Å². The first kappa shape index (κ1) is 22.2. The molecule has 0 aliphatic carbocycles. The number of hydrogen-bond acceptors (Lipinski definition) is 4. The van der Waals surface area contributed by atoms with Crippen LogP contribution >= 0.6 is 0 Å². The molecule has 4 heteroatoms. The average Bonchev–Trinajstić information content (AvgIpc) is 2.90. The predicted octanol–water partition coefficient (Wildman–Crippen LogP) is 8.15. The van der Waals surface area contributed by atoms with Gasteiger partial charge in [0.2, 0.25) is 5.95 Å². The van der Waals surface area contributed by atoms with Gasteiger partial charge in [-0.1, -0.05) is 85.5 Å². The lowest BCUT2D eigenvalue weighted by molar-refractivity contribution is 1.01. The third kappa shape index (κ3) is 4.46. The van der Waals surface area contributed by atoms with Gasteiger partial charge in [0.25, 0.3) is 0 Å². The van der Waals surface area contributed by atoms with Crippen LogP contribution in [0.15, 0.2) is 104 Å². The fraction of sp³-hybridized carbons (Fsp3) is 0.0645. The topological polar surface area (TPSA) is 41.9 Å². The first-order valence-corrected chi connectivity index (χ1v) is 11.6. The lowest BCUT2D eigenvalue weighted by Crippen LogP contribution is -2.15. The molecule has 0 saturated carbocycles. The fourth-order valence-corrected chi connectivity index (χ4v) is 4.28. The minimum atomic E-state index is 0.565. The first-order valence-electron chi connectivity index (χ1n) is 11.6. The lowest BCUT2D eigenvalue weighted by Gasteiger charge is -2.26. The molecule has 0 atom stereocenters. The van der Waals surface area contributed by atoms with E-state index in [4.69, 9.17) is 4.98 Å². The second-order valence-electron chi connectivity index (χ2n) is 8.31. The molecule has 0 radical (unpaired) electrons. The molecule has 5 aromatic rings. The number of fused-ring (bicyclic) bond motifs is 1. The van der Waals surface area contributed by atoms with Crippen molar-refractivity contribution in [2.45, 2.75) is 13.8 Å². The molecule has 1 heterocycles. The molecule has 4 aromatic carbocycles. The highest BCUT2D eigenvalue weighted by Crippen LogP contribution is 2.38. The van der Waals surface area contributed by atoms with Crippen molar-refractivity contribution in [1.82, 2.24) is 15.0 Å². The molecule has 0 saturated heterocycles. The van der Waals surface area contributed by atoms with Crippen molar-refractivity contribution in [1.29, 1.82) is 0 Å². The number of allylic oxidation sites excluding steroid dienone is 1. The Morgan fingerprint density at radius 2 is 1.54 bits per heavy atom.